The highest BCUT2D eigenvalue weighted by Crippen LogP contribution is 1.95. The normalized spacial score (nSPS) is 11.5. The van der Waals surface area contributed by atoms with Gasteiger partial charge in [0.25, 0.3) is 0 Å². The number of sulfonamides is 1. The van der Waals surface area contributed by atoms with Gasteiger partial charge in [-0.2, -0.15) is 5.26 Å². The Kier molecular flexibility index (Phi) is 4.81. The molecule has 0 aliphatic heterocycles. The van der Waals surface area contributed by atoms with Crippen LogP contribution in [-0.4, -0.2) is 45.8 Å². The number of nitrogens with zero attached hydrogens (tertiary/aromatic N) is 2. The summed E-state index contributed by atoms with van der Waals surface area (Å²) in [5.74, 6) is -0.479. The predicted molar refractivity (Wildman–Crippen MR) is 43.9 cm³/mol. The van der Waals surface area contributed by atoms with Crippen LogP contribution in [0.5, 0.6) is 0 Å². The molecule has 12 heavy (non-hydrogen) atoms. The maximum atomic E-state index is 11.1. The molecule has 5 nitrogen and oxygen atoms in total. The number of hydrogen-bond acceptors (Lipinski definition) is 4. The van der Waals surface area contributed by atoms with E-state index in [0.717, 1.165) is 4.31 Å². The number of methoxy groups -OCH3 is 1. The quantitative estimate of drug-likeness (QED) is 0.584. The third-order valence-electron chi connectivity index (χ3n) is 1.33. The molecule has 0 amide bonds. The average Bonchev–Trinajstić information content (AvgIpc) is 2.00. The molecule has 0 aromatic heterocycles. The van der Waals surface area contributed by atoms with Crippen molar-refractivity contribution in [3.8, 4) is 6.07 Å². The number of hydrogen-bond donors (Lipinski definition) is 0. The molecule has 0 aromatic rings. The van der Waals surface area contributed by atoms with E-state index in [-0.39, 0.29) is 6.54 Å². The van der Waals surface area contributed by atoms with Crippen molar-refractivity contribution in [2.75, 3.05) is 33.1 Å². The van der Waals surface area contributed by atoms with Gasteiger partial charge in [-0.05, 0) is 0 Å². The van der Waals surface area contributed by atoms with Gasteiger partial charge in [-0.1, -0.05) is 0 Å². The first kappa shape index (κ1) is 11.4. The van der Waals surface area contributed by atoms with Crippen molar-refractivity contribution in [3.63, 3.8) is 0 Å². The SMILES string of the molecule is COCCN(C)S(=O)(=O)CC#N. The lowest BCUT2D eigenvalue weighted by atomic mass is 10.7. The summed E-state index contributed by atoms with van der Waals surface area (Å²) in [5, 5.41) is 8.19. The highest BCUT2D eigenvalue weighted by Gasteiger charge is 2.15. The van der Waals surface area contributed by atoms with Crippen LogP contribution in [0.25, 0.3) is 0 Å². The van der Waals surface area contributed by atoms with Crippen LogP contribution in [0.4, 0.5) is 0 Å². The van der Waals surface area contributed by atoms with Gasteiger partial charge in [0.2, 0.25) is 10.0 Å². The summed E-state index contributed by atoms with van der Waals surface area (Å²) < 4.78 is 28.0. The van der Waals surface area contributed by atoms with E-state index in [1.807, 2.05) is 0 Å². The fourth-order valence-electron chi connectivity index (χ4n) is 0.551. The van der Waals surface area contributed by atoms with Crippen LogP contribution >= 0.6 is 0 Å². The monoisotopic (exact) mass is 192 g/mol. The van der Waals surface area contributed by atoms with E-state index >= 15 is 0 Å². The van der Waals surface area contributed by atoms with Crippen molar-refractivity contribution in [1.29, 1.82) is 5.26 Å². The lowest BCUT2D eigenvalue weighted by Gasteiger charge is -2.13. The molecule has 0 N–H and O–H groups in total. The van der Waals surface area contributed by atoms with Crippen LogP contribution in [0.3, 0.4) is 0 Å². The molecule has 0 aliphatic rings. The molecule has 0 atom stereocenters. The first-order valence-electron chi connectivity index (χ1n) is 3.34. The summed E-state index contributed by atoms with van der Waals surface area (Å²) >= 11 is 0. The third kappa shape index (κ3) is 3.67. The molecule has 0 spiro atoms. The Morgan fingerprint density at radius 3 is 2.58 bits per heavy atom. The maximum Gasteiger partial charge on any atom is 0.227 e. The first-order valence-corrected chi connectivity index (χ1v) is 4.95. The van der Waals surface area contributed by atoms with Crippen LogP contribution in [0.2, 0.25) is 0 Å². The molecule has 0 bridgehead atoms. The molecule has 0 saturated heterocycles. The lowest BCUT2D eigenvalue weighted by molar-refractivity contribution is 0.185. The largest absolute Gasteiger partial charge is 0.383 e. The Morgan fingerprint density at radius 1 is 1.58 bits per heavy atom. The summed E-state index contributed by atoms with van der Waals surface area (Å²) in [7, 11) is -0.477. The van der Waals surface area contributed by atoms with Crippen LogP contribution in [0.1, 0.15) is 0 Å². The van der Waals surface area contributed by atoms with E-state index in [0.29, 0.717) is 6.61 Å². The first-order chi connectivity index (χ1) is 5.54. The van der Waals surface area contributed by atoms with Crippen LogP contribution < -0.4 is 0 Å². The standard InChI is InChI=1S/C6H12N2O3S/c1-8(4-5-11-2)12(9,10)6-3-7/h4-6H2,1-2H3. The molecule has 0 rings (SSSR count). The molecule has 0 unspecified atom stereocenters. The van der Waals surface area contributed by atoms with E-state index in [1.165, 1.54) is 14.2 Å². The maximum absolute atomic E-state index is 11.1. The zero-order valence-electron chi connectivity index (χ0n) is 7.15. The van der Waals surface area contributed by atoms with Crippen LogP contribution in [0.15, 0.2) is 0 Å². The van der Waals surface area contributed by atoms with Crippen LogP contribution in [-0.2, 0) is 14.8 Å². The van der Waals surface area contributed by atoms with Gasteiger partial charge in [0.15, 0.2) is 5.75 Å². The second kappa shape index (κ2) is 5.09. The molecule has 0 heterocycles. The lowest BCUT2D eigenvalue weighted by Crippen LogP contribution is -2.31. The van der Waals surface area contributed by atoms with Crippen molar-refractivity contribution >= 4 is 10.0 Å². The molecule has 0 aliphatic carbocycles. The number of ether oxygens (including phenoxy) is 1. The van der Waals surface area contributed by atoms with Crippen molar-refractivity contribution in [3.05, 3.63) is 0 Å². The minimum atomic E-state index is -3.39. The van der Waals surface area contributed by atoms with Crippen molar-refractivity contribution in [2.24, 2.45) is 0 Å². The Bertz CT molecular complexity index is 254. The molecule has 0 radical (unpaired) electrons. The summed E-state index contributed by atoms with van der Waals surface area (Å²) in [4.78, 5) is 0. The summed E-state index contributed by atoms with van der Waals surface area (Å²) in [6.45, 7) is 0.613. The fraction of sp³-hybridized carbons (Fsp3) is 0.833. The highest BCUT2D eigenvalue weighted by molar-refractivity contribution is 7.89. The Morgan fingerprint density at radius 2 is 2.17 bits per heavy atom. The zero-order chi connectivity index (χ0) is 9.61. The zero-order valence-corrected chi connectivity index (χ0v) is 7.97. The van der Waals surface area contributed by atoms with Gasteiger partial charge >= 0.3 is 0 Å². The molecule has 70 valence electrons. The highest BCUT2D eigenvalue weighted by atomic mass is 32.2. The Hall–Kier alpha value is -0.640. The van der Waals surface area contributed by atoms with Crippen molar-refractivity contribution in [2.45, 2.75) is 0 Å². The smallest absolute Gasteiger partial charge is 0.227 e. The van der Waals surface area contributed by atoms with Gasteiger partial charge in [0.05, 0.1) is 12.7 Å². The fourth-order valence-corrected chi connectivity index (χ4v) is 1.29. The van der Waals surface area contributed by atoms with E-state index in [1.54, 1.807) is 6.07 Å². The minimum Gasteiger partial charge on any atom is -0.383 e. The predicted octanol–water partition coefficient (Wildman–Crippen LogP) is -0.582. The van der Waals surface area contributed by atoms with Crippen molar-refractivity contribution in [1.82, 2.24) is 4.31 Å². The van der Waals surface area contributed by atoms with E-state index in [9.17, 15) is 8.42 Å². The Balaban J connectivity index is 4.09. The topological polar surface area (TPSA) is 70.4 Å². The van der Waals surface area contributed by atoms with Crippen LogP contribution in [0, 0.1) is 11.3 Å². The molecule has 0 aromatic carbocycles. The molecule has 0 fully saturated rings. The van der Waals surface area contributed by atoms with Gasteiger partial charge < -0.3 is 4.74 Å². The average molecular weight is 192 g/mol. The van der Waals surface area contributed by atoms with E-state index in [4.69, 9.17) is 10.00 Å². The summed E-state index contributed by atoms with van der Waals surface area (Å²) in [6.07, 6.45) is 0. The molecule has 0 saturated carbocycles. The molecular weight excluding hydrogens is 180 g/mol. The van der Waals surface area contributed by atoms with Gasteiger partial charge in [-0.15, -0.1) is 0 Å². The van der Waals surface area contributed by atoms with Crippen molar-refractivity contribution < 1.29 is 13.2 Å². The second-order valence-corrected chi connectivity index (χ2v) is 4.30. The van der Waals surface area contributed by atoms with Gasteiger partial charge in [-0.3, -0.25) is 0 Å². The molecule has 6 heteroatoms. The second-order valence-electron chi connectivity index (χ2n) is 2.23. The summed E-state index contributed by atoms with van der Waals surface area (Å²) in [5.41, 5.74) is 0. The number of rotatable bonds is 5. The third-order valence-corrected chi connectivity index (χ3v) is 2.96. The number of nitriles is 1. The number of likely N-dealkylation sites (N-methyl/N-ethyl adjacent to an activating group) is 1. The molecular formula is C6H12N2O3S. The van der Waals surface area contributed by atoms with E-state index in [2.05, 4.69) is 0 Å². The van der Waals surface area contributed by atoms with E-state index < -0.39 is 15.8 Å². The summed E-state index contributed by atoms with van der Waals surface area (Å²) in [6, 6.07) is 1.59. The minimum absolute atomic E-state index is 0.278. The van der Waals surface area contributed by atoms with Gasteiger partial charge in [0.1, 0.15) is 0 Å². The van der Waals surface area contributed by atoms with Gasteiger partial charge in [0, 0.05) is 20.7 Å². The Labute approximate surface area is 72.6 Å². The van der Waals surface area contributed by atoms with Gasteiger partial charge in [-0.25, -0.2) is 12.7 Å².